The summed E-state index contributed by atoms with van der Waals surface area (Å²) in [4.78, 5) is 23.9. The number of rotatable bonds is 8. The third-order valence-corrected chi connectivity index (χ3v) is 2.43. The van der Waals surface area contributed by atoms with Crippen LogP contribution in [0.4, 0.5) is 0 Å². The van der Waals surface area contributed by atoms with Crippen molar-refractivity contribution in [3.05, 3.63) is 12.2 Å². The molecule has 0 aromatic rings. The molecule has 0 N–H and O–H groups in total. The number of ether oxygens (including phenoxy) is 1. The molecular weight excluding hydrogens is 218 g/mol. The Bertz CT molecular complexity index is 257. The Labute approximate surface area is 104 Å². The second kappa shape index (κ2) is 9.87. The van der Waals surface area contributed by atoms with Gasteiger partial charge in [0.2, 0.25) is 5.91 Å². The lowest BCUT2D eigenvalue weighted by Gasteiger charge is -2.18. The van der Waals surface area contributed by atoms with Gasteiger partial charge in [-0.25, -0.2) is 0 Å². The maximum Gasteiger partial charge on any atom is 0.302 e. The first-order valence-electron chi connectivity index (χ1n) is 6.17. The highest BCUT2D eigenvalue weighted by molar-refractivity contribution is 5.76. The van der Waals surface area contributed by atoms with E-state index in [1.54, 1.807) is 0 Å². The summed E-state index contributed by atoms with van der Waals surface area (Å²) in [5.74, 6) is -0.0604. The first-order valence-corrected chi connectivity index (χ1v) is 6.17. The van der Waals surface area contributed by atoms with Crippen molar-refractivity contribution in [2.45, 2.75) is 40.0 Å². The average molecular weight is 241 g/mol. The maximum absolute atomic E-state index is 11.6. The van der Waals surface area contributed by atoms with Gasteiger partial charge in [0, 0.05) is 26.4 Å². The molecule has 0 bridgehead atoms. The highest BCUT2D eigenvalue weighted by atomic mass is 16.5. The first-order chi connectivity index (χ1) is 8.11. The van der Waals surface area contributed by atoms with Gasteiger partial charge in [-0.05, 0) is 26.7 Å². The molecule has 0 aliphatic heterocycles. The van der Waals surface area contributed by atoms with Gasteiger partial charge in [0.25, 0.3) is 0 Å². The fourth-order valence-electron chi connectivity index (χ4n) is 1.46. The molecule has 1 amide bonds. The molecule has 0 atom stereocenters. The molecule has 0 aromatic carbocycles. The number of allylic oxidation sites excluding steroid dienone is 1. The van der Waals surface area contributed by atoms with Crippen LogP contribution in [0.25, 0.3) is 0 Å². The van der Waals surface area contributed by atoms with Crippen molar-refractivity contribution in [3.63, 3.8) is 0 Å². The molecule has 0 spiro atoms. The number of hydrogen-bond donors (Lipinski definition) is 0. The van der Waals surface area contributed by atoms with Crippen LogP contribution in [0.1, 0.15) is 40.0 Å². The zero-order chi connectivity index (χ0) is 13.1. The molecule has 0 radical (unpaired) electrons. The van der Waals surface area contributed by atoms with Gasteiger partial charge in [0.1, 0.15) is 6.61 Å². The van der Waals surface area contributed by atoms with Crippen molar-refractivity contribution in [1.82, 2.24) is 4.90 Å². The minimum absolute atomic E-state index is 0.211. The summed E-state index contributed by atoms with van der Waals surface area (Å²) in [6.45, 7) is 7.23. The summed E-state index contributed by atoms with van der Waals surface area (Å²) in [6, 6.07) is 0. The summed E-state index contributed by atoms with van der Waals surface area (Å²) >= 11 is 0. The first kappa shape index (κ1) is 15.7. The van der Waals surface area contributed by atoms with Crippen LogP contribution in [0.3, 0.4) is 0 Å². The molecule has 0 aliphatic carbocycles. The fraction of sp³-hybridized carbons (Fsp3) is 0.692. The summed E-state index contributed by atoms with van der Waals surface area (Å²) in [5.41, 5.74) is 0. The second-order valence-corrected chi connectivity index (χ2v) is 3.73. The Morgan fingerprint density at radius 3 is 2.35 bits per heavy atom. The summed E-state index contributed by atoms with van der Waals surface area (Å²) in [7, 11) is 0. The van der Waals surface area contributed by atoms with Gasteiger partial charge >= 0.3 is 5.97 Å². The van der Waals surface area contributed by atoms with E-state index in [1.165, 1.54) is 6.92 Å². The maximum atomic E-state index is 11.6. The van der Waals surface area contributed by atoms with Gasteiger partial charge in [-0.2, -0.15) is 0 Å². The van der Waals surface area contributed by atoms with E-state index < -0.39 is 0 Å². The number of carbonyl (C=O) groups excluding carboxylic acids is 2. The van der Waals surface area contributed by atoms with Gasteiger partial charge in [0.15, 0.2) is 0 Å². The van der Waals surface area contributed by atoms with Crippen LogP contribution in [0.15, 0.2) is 12.2 Å². The molecule has 17 heavy (non-hydrogen) atoms. The second-order valence-electron chi connectivity index (χ2n) is 3.73. The average Bonchev–Trinajstić information content (AvgIpc) is 2.29. The van der Waals surface area contributed by atoms with Crippen molar-refractivity contribution in [3.8, 4) is 0 Å². The molecule has 0 saturated carbocycles. The molecule has 0 unspecified atom stereocenters. The zero-order valence-corrected chi connectivity index (χ0v) is 11.1. The lowest BCUT2D eigenvalue weighted by atomic mass is 10.2. The lowest BCUT2D eigenvalue weighted by Crippen LogP contribution is -2.30. The molecule has 4 nitrogen and oxygen atoms in total. The molecule has 0 heterocycles. The van der Waals surface area contributed by atoms with E-state index in [2.05, 4.69) is 0 Å². The largest absolute Gasteiger partial charge is 0.462 e. The minimum atomic E-state index is -0.272. The summed E-state index contributed by atoms with van der Waals surface area (Å²) in [5, 5.41) is 0. The van der Waals surface area contributed by atoms with E-state index in [0.29, 0.717) is 13.0 Å². The zero-order valence-electron chi connectivity index (χ0n) is 11.1. The van der Waals surface area contributed by atoms with Crippen LogP contribution in [0, 0.1) is 0 Å². The Morgan fingerprint density at radius 1 is 1.18 bits per heavy atom. The summed E-state index contributed by atoms with van der Waals surface area (Å²) in [6.07, 6.45) is 6.02. The molecule has 0 aromatic heterocycles. The smallest absolute Gasteiger partial charge is 0.302 e. The van der Waals surface area contributed by atoms with E-state index in [9.17, 15) is 9.59 Å². The third-order valence-electron chi connectivity index (χ3n) is 2.43. The molecule has 98 valence electrons. The molecule has 0 fully saturated rings. The van der Waals surface area contributed by atoms with Crippen LogP contribution >= 0.6 is 0 Å². The van der Waals surface area contributed by atoms with Gasteiger partial charge in [-0.15, -0.1) is 0 Å². The van der Waals surface area contributed by atoms with Crippen LogP contribution in [0.2, 0.25) is 0 Å². The number of hydrogen-bond acceptors (Lipinski definition) is 3. The number of nitrogens with zero attached hydrogens (tertiary/aromatic N) is 1. The topological polar surface area (TPSA) is 46.6 Å². The van der Waals surface area contributed by atoms with Crippen LogP contribution in [0.5, 0.6) is 0 Å². The van der Waals surface area contributed by atoms with Crippen molar-refractivity contribution in [1.29, 1.82) is 0 Å². The van der Waals surface area contributed by atoms with E-state index >= 15 is 0 Å². The number of unbranched alkanes of at least 4 members (excludes halogenated alkanes) is 1. The molecule has 0 saturated heterocycles. The Hall–Kier alpha value is -1.32. The van der Waals surface area contributed by atoms with E-state index in [1.807, 2.05) is 30.9 Å². The van der Waals surface area contributed by atoms with E-state index in [-0.39, 0.29) is 11.9 Å². The van der Waals surface area contributed by atoms with Gasteiger partial charge < -0.3 is 9.64 Å². The van der Waals surface area contributed by atoms with Crippen LogP contribution in [-0.2, 0) is 14.3 Å². The summed E-state index contributed by atoms with van der Waals surface area (Å²) < 4.78 is 4.74. The monoisotopic (exact) mass is 241 g/mol. The Balaban J connectivity index is 3.56. The minimum Gasteiger partial charge on any atom is -0.462 e. The van der Waals surface area contributed by atoms with Crippen molar-refractivity contribution >= 4 is 11.9 Å². The van der Waals surface area contributed by atoms with E-state index in [0.717, 1.165) is 25.9 Å². The van der Waals surface area contributed by atoms with Crippen molar-refractivity contribution in [2.24, 2.45) is 0 Å². The normalized spacial score (nSPS) is 10.5. The van der Waals surface area contributed by atoms with Crippen molar-refractivity contribution < 1.29 is 14.3 Å². The lowest BCUT2D eigenvalue weighted by molar-refractivity contribution is -0.139. The standard InChI is InChI=1S/C13H23NO3/c1-4-14(5-2)13(16)10-8-6-7-9-11-17-12(3)15/h7,9H,4-6,8,10-11H2,1-3H3/b9-7+. The van der Waals surface area contributed by atoms with Gasteiger partial charge in [0.05, 0.1) is 0 Å². The van der Waals surface area contributed by atoms with Crippen molar-refractivity contribution in [2.75, 3.05) is 19.7 Å². The number of carbonyl (C=O) groups is 2. The SMILES string of the molecule is CCN(CC)C(=O)CCC/C=C/COC(C)=O. The quantitative estimate of drug-likeness (QED) is 0.371. The predicted molar refractivity (Wildman–Crippen MR) is 67.6 cm³/mol. The Morgan fingerprint density at radius 2 is 1.82 bits per heavy atom. The third kappa shape index (κ3) is 8.48. The highest BCUT2D eigenvalue weighted by Crippen LogP contribution is 2.01. The Kier molecular flexibility index (Phi) is 9.11. The van der Waals surface area contributed by atoms with Gasteiger partial charge in [-0.3, -0.25) is 9.59 Å². The molecule has 0 aliphatic rings. The van der Waals surface area contributed by atoms with Gasteiger partial charge in [-0.1, -0.05) is 12.2 Å². The predicted octanol–water partition coefficient (Wildman–Crippen LogP) is 2.14. The van der Waals surface area contributed by atoms with E-state index in [4.69, 9.17) is 4.74 Å². The molecule has 4 heteroatoms. The molecule has 0 rings (SSSR count). The molecular formula is C13H23NO3. The highest BCUT2D eigenvalue weighted by Gasteiger charge is 2.07. The fourth-order valence-corrected chi connectivity index (χ4v) is 1.46. The number of amides is 1. The number of esters is 1. The van der Waals surface area contributed by atoms with Crippen LogP contribution < -0.4 is 0 Å². The van der Waals surface area contributed by atoms with Crippen LogP contribution in [-0.4, -0.2) is 36.5 Å².